The van der Waals surface area contributed by atoms with E-state index in [0.717, 1.165) is 19.5 Å². The molecule has 0 unspecified atom stereocenters. The van der Waals surface area contributed by atoms with Crippen LogP contribution in [-0.2, 0) is 0 Å². The van der Waals surface area contributed by atoms with E-state index >= 15 is 0 Å². The number of nitrogens with one attached hydrogen (secondary N) is 2. The molecule has 0 aromatic carbocycles. The molecule has 0 fully saturated rings. The maximum atomic E-state index is 6.27. The molecule has 3 nitrogen and oxygen atoms in total. The molecule has 0 aromatic rings. The van der Waals surface area contributed by atoms with Gasteiger partial charge in [0.15, 0.2) is 0 Å². The van der Waals surface area contributed by atoms with Crippen molar-refractivity contribution in [1.29, 1.82) is 0 Å². The minimum absolute atomic E-state index is 0.117. The van der Waals surface area contributed by atoms with Gasteiger partial charge in [0, 0.05) is 30.7 Å². The minimum atomic E-state index is -0.117. The van der Waals surface area contributed by atoms with E-state index in [2.05, 4.69) is 45.3 Å². The molecule has 0 radical (unpaired) electrons. The van der Waals surface area contributed by atoms with Gasteiger partial charge in [-0.05, 0) is 6.42 Å². The van der Waals surface area contributed by atoms with Crippen LogP contribution in [0, 0.1) is 0 Å². The Balaban J connectivity index is 3.91. The second-order valence-electron chi connectivity index (χ2n) is 4.79. The molecule has 86 valence electrons. The lowest BCUT2D eigenvalue weighted by molar-refractivity contribution is 0.338. The Kier molecular flexibility index (Phi) is 6.33. The molecule has 0 aliphatic heterocycles. The topological polar surface area (TPSA) is 50.1 Å². The van der Waals surface area contributed by atoms with Crippen LogP contribution < -0.4 is 16.4 Å². The third-order valence-electron chi connectivity index (χ3n) is 2.43. The summed E-state index contributed by atoms with van der Waals surface area (Å²) in [4.78, 5) is 0. The van der Waals surface area contributed by atoms with E-state index in [1.807, 2.05) is 0 Å². The monoisotopic (exact) mass is 201 g/mol. The molecule has 0 spiro atoms. The summed E-state index contributed by atoms with van der Waals surface area (Å²) in [6, 6.07) is 1.01. The van der Waals surface area contributed by atoms with Crippen LogP contribution in [0.5, 0.6) is 0 Å². The highest BCUT2D eigenvalue weighted by atomic mass is 15.0. The molecule has 14 heavy (non-hydrogen) atoms. The van der Waals surface area contributed by atoms with E-state index in [1.54, 1.807) is 0 Å². The van der Waals surface area contributed by atoms with Crippen molar-refractivity contribution in [3.63, 3.8) is 0 Å². The zero-order chi connectivity index (χ0) is 11.2. The third kappa shape index (κ3) is 6.35. The van der Waals surface area contributed by atoms with Crippen LogP contribution in [-0.4, -0.2) is 30.7 Å². The van der Waals surface area contributed by atoms with Gasteiger partial charge in [0.05, 0.1) is 0 Å². The highest BCUT2D eigenvalue weighted by molar-refractivity contribution is 4.88. The van der Waals surface area contributed by atoms with Crippen LogP contribution >= 0.6 is 0 Å². The van der Waals surface area contributed by atoms with Crippen molar-refractivity contribution in [1.82, 2.24) is 10.6 Å². The first-order valence-corrected chi connectivity index (χ1v) is 5.65. The summed E-state index contributed by atoms with van der Waals surface area (Å²) in [7, 11) is 0. The van der Waals surface area contributed by atoms with Crippen molar-refractivity contribution in [3.05, 3.63) is 0 Å². The van der Waals surface area contributed by atoms with Gasteiger partial charge < -0.3 is 16.4 Å². The summed E-state index contributed by atoms with van der Waals surface area (Å²) in [5.41, 5.74) is 6.15. The van der Waals surface area contributed by atoms with Crippen LogP contribution in [0.15, 0.2) is 0 Å². The van der Waals surface area contributed by atoms with Crippen molar-refractivity contribution in [3.8, 4) is 0 Å². The van der Waals surface area contributed by atoms with Crippen molar-refractivity contribution >= 4 is 0 Å². The van der Waals surface area contributed by atoms with Crippen LogP contribution in [0.1, 0.15) is 41.0 Å². The molecule has 0 bridgehead atoms. The van der Waals surface area contributed by atoms with E-state index in [4.69, 9.17) is 5.73 Å². The van der Waals surface area contributed by atoms with Crippen LogP contribution in [0.3, 0.4) is 0 Å². The van der Waals surface area contributed by atoms with E-state index < -0.39 is 0 Å². The zero-order valence-electron chi connectivity index (χ0n) is 10.4. The summed E-state index contributed by atoms with van der Waals surface area (Å²) in [5.74, 6) is 0. The minimum Gasteiger partial charge on any atom is -0.323 e. The lowest BCUT2D eigenvalue weighted by Crippen LogP contribution is -2.56. The molecule has 0 aromatic heterocycles. The fourth-order valence-corrected chi connectivity index (χ4v) is 1.13. The van der Waals surface area contributed by atoms with E-state index in [1.165, 1.54) is 0 Å². The van der Waals surface area contributed by atoms with Crippen molar-refractivity contribution in [2.45, 2.75) is 58.7 Å². The molecule has 3 heteroatoms. The highest BCUT2D eigenvalue weighted by Crippen LogP contribution is 2.04. The lowest BCUT2D eigenvalue weighted by atomic mass is 9.96. The van der Waals surface area contributed by atoms with Gasteiger partial charge in [0.2, 0.25) is 0 Å². The van der Waals surface area contributed by atoms with E-state index in [-0.39, 0.29) is 5.54 Å². The average molecular weight is 201 g/mol. The van der Waals surface area contributed by atoms with Gasteiger partial charge in [-0.25, -0.2) is 0 Å². The Morgan fingerprint density at radius 2 is 1.36 bits per heavy atom. The summed E-state index contributed by atoms with van der Waals surface area (Å²) in [6.45, 7) is 12.5. The summed E-state index contributed by atoms with van der Waals surface area (Å²) in [5, 5.41) is 6.79. The molecule has 0 aliphatic rings. The summed E-state index contributed by atoms with van der Waals surface area (Å²) >= 11 is 0. The molecule has 0 atom stereocenters. The lowest BCUT2D eigenvalue weighted by Gasteiger charge is -2.30. The second kappa shape index (κ2) is 6.38. The largest absolute Gasteiger partial charge is 0.323 e. The quantitative estimate of drug-likeness (QED) is 0.578. The number of rotatable bonds is 7. The number of nitrogens with two attached hydrogens (primary N) is 1. The smallest absolute Gasteiger partial charge is 0.0404 e. The molecule has 0 saturated carbocycles. The Hall–Kier alpha value is -0.120. The number of hydrogen-bond acceptors (Lipinski definition) is 3. The Morgan fingerprint density at radius 3 is 1.57 bits per heavy atom. The molecule has 0 heterocycles. The Morgan fingerprint density at radius 1 is 1.00 bits per heavy atom. The molecular weight excluding hydrogens is 174 g/mol. The predicted octanol–water partition coefficient (Wildman–Crippen LogP) is 1.09. The van der Waals surface area contributed by atoms with Crippen molar-refractivity contribution in [2.24, 2.45) is 5.73 Å². The SMILES string of the molecule is CCC(N)(CNC(C)C)CNC(C)C. The third-order valence-corrected chi connectivity index (χ3v) is 2.43. The molecule has 0 amide bonds. The van der Waals surface area contributed by atoms with Gasteiger partial charge >= 0.3 is 0 Å². The first-order chi connectivity index (χ1) is 6.39. The van der Waals surface area contributed by atoms with Crippen molar-refractivity contribution in [2.75, 3.05) is 13.1 Å². The van der Waals surface area contributed by atoms with E-state index in [9.17, 15) is 0 Å². The maximum absolute atomic E-state index is 6.27. The predicted molar refractivity (Wildman–Crippen MR) is 63.5 cm³/mol. The normalized spacial score (nSPS) is 12.9. The van der Waals surface area contributed by atoms with Gasteiger partial charge in [-0.15, -0.1) is 0 Å². The molecule has 4 N–H and O–H groups in total. The summed E-state index contributed by atoms with van der Waals surface area (Å²) in [6.07, 6.45) is 0.992. The highest BCUT2D eigenvalue weighted by Gasteiger charge is 2.22. The first-order valence-electron chi connectivity index (χ1n) is 5.65. The molecule has 0 rings (SSSR count). The standard InChI is InChI=1S/C11H27N3/c1-6-11(12,7-13-9(2)3)8-14-10(4)5/h9-10,13-14H,6-8,12H2,1-5H3. The molecule has 0 aliphatic carbocycles. The van der Waals surface area contributed by atoms with Crippen LogP contribution in [0.2, 0.25) is 0 Å². The van der Waals surface area contributed by atoms with E-state index in [0.29, 0.717) is 12.1 Å². The second-order valence-corrected chi connectivity index (χ2v) is 4.79. The maximum Gasteiger partial charge on any atom is 0.0404 e. The molecule has 0 saturated heterocycles. The Labute approximate surface area is 88.8 Å². The zero-order valence-corrected chi connectivity index (χ0v) is 10.4. The first kappa shape index (κ1) is 13.9. The van der Waals surface area contributed by atoms with Gasteiger partial charge in [-0.2, -0.15) is 0 Å². The number of hydrogen-bond donors (Lipinski definition) is 3. The van der Waals surface area contributed by atoms with Gasteiger partial charge in [-0.1, -0.05) is 34.6 Å². The van der Waals surface area contributed by atoms with Gasteiger partial charge in [0.25, 0.3) is 0 Å². The fourth-order valence-electron chi connectivity index (χ4n) is 1.13. The van der Waals surface area contributed by atoms with Crippen LogP contribution in [0.25, 0.3) is 0 Å². The average Bonchev–Trinajstić information content (AvgIpc) is 2.11. The fraction of sp³-hybridized carbons (Fsp3) is 1.00. The van der Waals surface area contributed by atoms with Gasteiger partial charge in [0.1, 0.15) is 0 Å². The van der Waals surface area contributed by atoms with Crippen LogP contribution in [0.4, 0.5) is 0 Å². The Bertz CT molecular complexity index is 131. The van der Waals surface area contributed by atoms with Gasteiger partial charge in [-0.3, -0.25) is 0 Å². The van der Waals surface area contributed by atoms with Crippen molar-refractivity contribution < 1.29 is 0 Å². The summed E-state index contributed by atoms with van der Waals surface area (Å²) < 4.78 is 0. The molecular formula is C11H27N3.